The van der Waals surface area contributed by atoms with Crippen LogP contribution >= 0.6 is 0 Å². The third-order valence-corrected chi connectivity index (χ3v) is 4.42. The molecule has 0 fully saturated rings. The van der Waals surface area contributed by atoms with Crippen molar-refractivity contribution in [1.29, 1.82) is 5.41 Å². The Kier molecular flexibility index (Phi) is 9.70. The van der Waals surface area contributed by atoms with Gasteiger partial charge in [0.2, 0.25) is 0 Å². The lowest BCUT2D eigenvalue weighted by Gasteiger charge is -2.26. The molecule has 10 heteroatoms. The molecule has 0 aliphatic heterocycles. The number of aliphatic hydroxyl groups is 1. The summed E-state index contributed by atoms with van der Waals surface area (Å²) in [4.78, 5) is 17.8. The Bertz CT molecular complexity index is 815. The number of benzene rings is 1. The molecule has 31 heavy (non-hydrogen) atoms. The second-order valence-electron chi connectivity index (χ2n) is 7.50. The minimum Gasteiger partial charge on any atom is -0.390 e. The Morgan fingerprint density at radius 2 is 1.84 bits per heavy atom. The van der Waals surface area contributed by atoms with Crippen molar-refractivity contribution in [3.8, 4) is 0 Å². The monoisotopic (exact) mass is 441 g/mol. The molecule has 0 radical (unpaired) electrons. The maximum absolute atomic E-state index is 12.6. The van der Waals surface area contributed by atoms with Gasteiger partial charge in [0.05, 0.1) is 30.4 Å². The molecule has 0 heterocycles. The molecule has 1 rings (SSSR count). The van der Waals surface area contributed by atoms with Crippen LogP contribution in [0.15, 0.2) is 40.7 Å². The van der Waals surface area contributed by atoms with E-state index in [1.807, 2.05) is 13.8 Å². The van der Waals surface area contributed by atoms with Crippen LogP contribution in [0.3, 0.4) is 0 Å². The summed E-state index contributed by atoms with van der Waals surface area (Å²) < 4.78 is 37.9. The van der Waals surface area contributed by atoms with E-state index in [0.29, 0.717) is 17.8 Å². The lowest BCUT2D eigenvalue weighted by atomic mass is 9.94. The lowest BCUT2D eigenvalue weighted by Crippen LogP contribution is -2.36. The van der Waals surface area contributed by atoms with Crippen LogP contribution in [0.5, 0.6) is 0 Å². The van der Waals surface area contributed by atoms with Crippen LogP contribution in [-0.2, 0) is 11.2 Å². The quantitative estimate of drug-likeness (QED) is 0.204. The Morgan fingerprint density at radius 1 is 1.26 bits per heavy atom. The van der Waals surface area contributed by atoms with Crippen LogP contribution in [0.4, 0.5) is 13.2 Å². The molecule has 0 bridgehead atoms. The number of alkyl halides is 3. The first-order valence-electron chi connectivity index (χ1n) is 9.67. The predicted molar refractivity (Wildman–Crippen MR) is 115 cm³/mol. The van der Waals surface area contributed by atoms with E-state index < -0.39 is 25.2 Å². The molecule has 0 amide bonds. The van der Waals surface area contributed by atoms with Gasteiger partial charge < -0.3 is 26.0 Å². The van der Waals surface area contributed by atoms with E-state index >= 15 is 0 Å². The van der Waals surface area contributed by atoms with Crippen LogP contribution in [0.25, 0.3) is 0 Å². The molecule has 1 aromatic rings. The number of hydrogen-bond donors (Lipinski definition) is 4. The van der Waals surface area contributed by atoms with Gasteiger partial charge in [-0.1, -0.05) is 38.1 Å². The third-order valence-electron chi connectivity index (χ3n) is 4.42. The second-order valence-corrected chi connectivity index (χ2v) is 7.50. The van der Waals surface area contributed by atoms with Gasteiger partial charge in [0.25, 0.3) is 0 Å². The van der Waals surface area contributed by atoms with Crippen LogP contribution in [-0.4, -0.2) is 61.9 Å². The summed E-state index contributed by atoms with van der Waals surface area (Å²) in [5.41, 5.74) is 0.424. The standard InChI is InChI=1S/C21H30F3N5O2/c1-13(2)18(15-8-6-14(7-9-15)10-21(22,23)24)27-19(16(11-30)17(25)12-31)28-20(26-3)29(4)5/h6-9,11,13,18,25,27,31H,10,12H2,1-5H3,(H,26,28)/b19-16+,25-17?. The van der Waals surface area contributed by atoms with E-state index in [1.54, 1.807) is 38.2 Å². The van der Waals surface area contributed by atoms with Crippen LogP contribution in [0.1, 0.15) is 31.0 Å². The normalized spacial score (nSPS) is 14.1. The maximum Gasteiger partial charge on any atom is 0.393 e. The number of aldehydes is 1. The maximum atomic E-state index is 12.6. The number of hydrogen-bond acceptors (Lipinski definition) is 5. The minimum atomic E-state index is -4.29. The number of nitrogens with one attached hydrogen (secondary N) is 3. The molecule has 0 saturated carbocycles. The van der Waals surface area contributed by atoms with Crippen molar-refractivity contribution >= 4 is 18.0 Å². The SMILES string of the molecule is CN/C(=N\C(NC(c1ccc(CC(F)(F)F)cc1)C(C)C)=C(/C=O)C(=N)CO)N(C)C. The zero-order valence-electron chi connectivity index (χ0n) is 18.3. The van der Waals surface area contributed by atoms with Crippen molar-refractivity contribution < 1.29 is 23.1 Å². The first-order valence-corrected chi connectivity index (χ1v) is 9.67. The van der Waals surface area contributed by atoms with Crippen molar-refractivity contribution in [1.82, 2.24) is 15.5 Å². The summed E-state index contributed by atoms with van der Waals surface area (Å²) in [6, 6.07) is 5.62. The predicted octanol–water partition coefficient (Wildman–Crippen LogP) is 2.64. The molecule has 172 valence electrons. The van der Waals surface area contributed by atoms with E-state index in [0.717, 1.165) is 0 Å². The summed E-state index contributed by atoms with van der Waals surface area (Å²) in [5.74, 6) is 0.438. The molecule has 4 N–H and O–H groups in total. The van der Waals surface area contributed by atoms with Crippen molar-refractivity contribution in [3.63, 3.8) is 0 Å². The van der Waals surface area contributed by atoms with Gasteiger partial charge in [-0.15, -0.1) is 0 Å². The largest absolute Gasteiger partial charge is 0.393 e. The van der Waals surface area contributed by atoms with Crippen LogP contribution in [0.2, 0.25) is 0 Å². The van der Waals surface area contributed by atoms with Gasteiger partial charge in [-0.25, -0.2) is 0 Å². The molecule has 0 aliphatic rings. The van der Waals surface area contributed by atoms with Gasteiger partial charge in [0.1, 0.15) is 5.82 Å². The van der Waals surface area contributed by atoms with Crippen molar-refractivity contribution in [2.45, 2.75) is 32.5 Å². The first-order chi connectivity index (χ1) is 14.4. The summed E-state index contributed by atoms with van der Waals surface area (Å²) in [6.45, 7) is 3.17. The minimum absolute atomic E-state index is 0.0349. The van der Waals surface area contributed by atoms with E-state index in [9.17, 15) is 23.1 Å². The summed E-state index contributed by atoms with van der Waals surface area (Å²) in [7, 11) is 5.13. The van der Waals surface area contributed by atoms with Gasteiger partial charge in [-0.05, 0) is 17.0 Å². The number of guanidine groups is 1. The summed E-state index contributed by atoms with van der Waals surface area (Å²) >= 11 is 0. The molecular formula is C21H30F3N5O2. The Hall–Kier alpha value is -2.88. The third kappa shape index (κ3) is 8.05. The Morgan fingerprint density at radius 3 is 2.23 bits per heavy atom. The summed E-state index contributed by atoms with van der Waals surface area (Å²) in [5, 5.41) is 23.3. The molecule has 0 aliphatic carbocycles. The molecular weight excluding hydrogens is 411 g/mol. The highest BCUT2D eigenvalue weighted by Gasteiger charge is 2.28. The van der Waals surface area contributed by atoms with Gasteiger partial charge in [0, 0.05) is 21.1 Å². The molecule has 7 nitrogen and oxygen atoms in total. The van der Waals surface area contributed by atoms with Crippen molar-refractivity contribution in [3.05, 3.63) is 46.8 Å². The smallest absolute Gasteiger partial charge is 0.390 e. The van der Waals surface area contributed by atoms with Crippen LogP contribution < -0.4 is 10.6 Å². The number of rotatable bonds is 9. The highest BCUT2D eigenvalue weighted by atomic mass is 19.4. The number of aliphatic imine (C=N–C) groups is 1. The molecule has 0 aromatic heterocycles. The molecule has 1 atom stereocenters. The first kappa shape index (κ1) is 26.2. The zero-order chi connectivity index (χ0) is 23.8. The number of aliphatic hydroxyl groups excluding tert-OH is 1. The number of halogens is 3. The highest BCUT2D eigenvalue weighted by Crippen LogP contribution is 2.26. The van der Waals surface area contributed by atoms with Gasteiger partial charge in [0.15, 0.2) is 12.2 Å². The van der Waals surface area contributed by atoms with E-state index in [1.165, 1.54) is 12.1 Å². The topological polar surface area (TPSA) is 101 Å². The Balaban J connectivity index is 3.43. The van der Waals surface area contributed by atoms with E-state index in [-0.39, 0.29) is 28.6 Å². The molecule has 1 aromatic carbocycles. The van der Waals surface area contributed by atoms with Crippen molar-refractivity contribution in [2.24, 2.45) is 10.9 Å². The zero-order valence-corrected chi connectivity index (χ0v) is 18.3. The average molecular weight is 441 g/mol. The number of nitrogens with zero attached hydrogens (tertiary/aromatic N) is 2. The fourth-order valence-electron chi connectivity index (χ4n) is 2.87. The van der Waals surface area contributed by atoms with Crippen LogP contribution in [0, 0.1) is 11.3 Å². The lowest BCUT2D eigenvalue weighted by molar-refractivity contribution is -0.127. The average Bonchev–Trinajstić information content (AvgIpc) is 2.68. The van der Waals surface area contributed by atoms with E-state index in [2.05, 4.69) is 15.6 Å². The summed E-state index contributed by atoms with van der Waals surface area (Å²) in [6.07, 6.45) is -4.86. The molecule has 0 saturated heterocycles. The second kappa shape index (κ2) is 11.5. The number of carbonyl (C=O) groups excluding carboxylic acids is 1. The van der Waals surface area contributed by atoms with Gasteiger partial charge >= 0.3 is 6.18 Å². The fraction of sp³-hybridized carbons (Fsp3) is 0.476. The van der Waals surface area contributed by atoms with Crippen molar-refractivity contribution in [2.75, 3.05) is 27.7 Å². The molecule has 1 unspecified atom stereocenters. The Labute approximate surface area is 180 Å². The highest BCUT2D eigenvalue weighted by molar-refractivity contribution is 6.14. The molecule has 0 spiro atoms. The fourth-order valence-corrected chi connectivity index (χ4v) is 2.87. The number of carbonyl (C=O) groups is 1. The van der Waals surface area contributed by atoms with Gasteiger partial charge in [-0.2, -0.15) is 18.2 Å². The van der Waals surface area contributed by atoms with Gasteiger partial charge in [-0.3, -0.25) is 4.79 Å². The van der Waals surface area contributed by atoms with E-state index in [4.69, 9.17) is 5.41 Å².